The van der Waals surface area contributed by atoms with Crippen LogP contribution in [0.4, 0.5) is 5.82 Å². The topological polar surface area (TPSA) is 59.5 Å². The second kappa shape index (κ2) is 4.24. The fraction of sp³-hybridized carbons (Fsp3) is 0.538. The number of hydrogen-bond acceptors (Lipinski definition) is 4. The second-order valence-electron chi connectivity index (χ2n) is 5.19. The van der Waals surface area contributed by atoms with Crippen LogP contribution in [0.3, 0.4) is 0 Å². The predicted molar refractivity (Wildman–Crippen MR) is 71.7 cm³/mol. The summed E-state index contributed by atoms with van der Waals surface area (Å²) in [6.07, 6.45) is 5.76. The van der Waals surface area contributed by atoms with E-state index in [-0.39, 0.29) is 0 Å². The Morgan fingerprint density at radius 1 is 1.44 bits per heavy atom. The van der Waals surface area contributed by atoms with E-state index in [9.17, 15) is 0 Å². The molecular formula is C13H19N5. The summed E-state index contributed by atoms with van der Waals surface area (Å²) in [6, 6.07) is 2.84. The van der Waals surface area contributed by atoms with E-state index < -0.39 is 0 Å². The number of anilines is 1. The fourth-order valence-corrected chi connectivity index (χ4v) is 2.78. The summed E-state index contributed by atoms with van der Waals surface area (Å²) in [5.74, 6) is 1.03. The van der Waals surface area contributed by atoms with Gasteiger partial charge in [0.25, 0.3) is 0 Å². The highest BCUT2D eigenvalue weighted by atomic mass is 15.3. The van der Waals surface area contributed by atoms with Gasteiger partial charge < -0.3 is 10.6 Å². The van der Waals surface area contributed by atoms with Gasteiger partial charge in [0.2, 0.25) is 0 Å². The van der Waals surface area contributed by atoms with Crippen molar-refractivity contribution in [2.45, 2.75) is 38.8 Å². The zero-order valence-corrected chi connectivity index (χ0v) is 10.9. The summed E-state index contributed by atoms with van der Waals surface area (Å²) in [5.41, 5.74) is 8.12. The maximum absolute atomic E-state index is 6.02. The lowest BCUT2D eigenvalue weighted by Crippen LogP contribution is -2.46. The van der Waals surface area contributed by atoms with Gasteiger partial charge >= 0.3 is 0 Å². The third kappa shape index (κ3) is 1.84. The molecule has 0 spiro atoms. The Labute approximate surface area is 107 Å². The number of piperidine rings is 1. The van der Waals surface area contributed by atoms with Gasteiger partial charge in [-0.1, -0.05) is 0 Å². The van der Waals surface area contributed by atoms with Crippen molar-refractivity contribution in [2.24, 2.45) is 5.73 Å². The van der Waals surface area contributed by atoms with E-state index in [1.165, 1.54) is 0 Å². The maximum atomic E-state index is 6.02. The van der Waals surface area contributed by atoms with E-state index in [4.69, 9.17) is 5.73 Å². The first-order valence-electron chi connectivity index (χ1n) is 6.48. The summed E-state index contributed by atoms with van der Waals surface area (Å²) in [7, 11) is 0. The minimum atomic E-state index is 0.322. The Bertz CT molecular complexity index is 562. The molecule has 18 heavy (non-hydrogen) atoms. The molecule has 1 saturated heterocycles. The Morgan fingerprint density at radius 2 is 2.28 bits per heavy atom. The van der Waals surface area contributed by atoms with E-state index >= 15 is 0 Å². The van der Waals surface area contributed by atoms with Gasteiger partial charge in [0, 0.05) is 31.0 Å². The summed E-state index contributed by atoms with van der Waals surface area (Å²) >= 11 is 0. The molecule has 2 atom stereocenters. The molecule has 5 nitrogen and oxygen atoms in total. The van der Waals surface area contributed by atoms with Crippen LogP contribution >= 0.6 is 0 Å². The molecule has 96 valence electrons. The highest BCUT2D eigenvalue weighted by Crippen LogP contribution is 2.26. The van der Waals surface area contributed by atoms with Crippen molar-refractivity contribution in [2.75, 3.05) is 11.4 Å². The van der Waals surface area contributed by atoms with Crippen molar-refractivity contribution in [1.82, 2.24) is 14.6 Å². The van der Waals surface area contributed by atoms with Gasteiger partial charge in [0.05, 0.1) is 5.69 Å². The Balaban J connectivity index is 2.03. The quantitative estimate of drug-likeness (QED) is 0.824. The monoisotopic (exact) mass is 245 g/mol. The van der Waals surface area contributed by atoms with Crippen molar-refractivity contribution >= 4 is 11.3 Å². The van der Waals surface area contributed by atoms with E-state index in [0.717, 1.165) is 36.4 Å². The number of fused-ring (bicyclic) bond motifs is 1. The summed E-state index contributed by atoms with van der Waals surface area (Å²) in [5, 5.41) is 4.43. The number of hydrogen-bond donors (Lipinski definition) is 1. The molecule has 1 aliphatic rings. The van der Waals surface area contributed by atoms with Gasteiger partial charge in [0.1, 0.15) is 5.52 Å². The smallest absolute Gasteiger partial charge is 0.154 e. The van der Waals surface area contributed by atoms with Crippen LogP contribution in [0.15, 0.2) is 18.5 Å². The molecule has 0 bridgehead atoms. The lowest BCUT2D eigenvalue weighted by Gasteiger charge is -2.37. The molecule has 2 aromatic rings. The summed E-state index contributed by atoms with van der Waals surface area (Å²) < 4.78 is 1.90. The molecule has 0 amide bonds. The van der Waals surface area contributed by atoms with E-state index in [1.807, 2.05) is 23.8 Å². The second-order valence-corrected chi connectivity index (χ2v) is 5.19. The molecule has 3 heterocycles. The number of aryl methyl sites for hydroxylation is 1. The minimum absolute atomic E-state index is 0.322. The molecule has 0 saturated carbocycles. The van der Waals surface area contributed by atoms with Crippen LogP contribution in [0.2, 0.25) is 0 Å². The first kappa shape index (κ1) is 11.5. The van der Waals surface area contributed by atoms with E-state index in [2.05, 4.69) is 28.0 Å². The fourth-order valence-electron chi connectivity index (χ4n) is 2.78. The molecule has 2 unspecified atom stereocenters. The standard InChI is InChI=1S/C13H19N5/c1-9-7-12-13(15-4-6-18(12)16-9)17-5-3-11(14)8-10(17)2/h4,6-7,10-11H,3,5,8,14H2,1-2H3. The number of aromatic nitrogens is 3. The largest absolute Gasteiger partial charge is 0.352 e. The predicted octanol–water partition coefficient (Wildman–Crippen LogP) is 1.35. The average molecular weight is 245 g/mol. The first-order chi connectivity index (χ1) is 8.65. The van der Waals surface area contributed by atoms with Crippen LogP contribution in [0.5, 0.6) is 0 Å². The third-order valence-electron chi connectivity index (χ3n) is 3.68. The van der Waals surface area contributed by atoms with Gasteiger partial charge in [-0.25, -0.2) is 9.50 Å². The van der Waals surface area contributed by atoms with Crippen LogP contribution in [0, 0.1) is 6.92 Å². The van der Waals surface area contributed by atoms with Crippen molar-refractivity contribution < 1.29 is 0 Å². The Hall–Kier alpha value is -1.62. The maximum Gasteiger partial charge on any atom is 0.154 e. The molecule has 1 fully saturated rings. The van der Waals surface area contributed by atoms with E-state index in [0.29, 0.717) is 12.1 Å². The molecule has 2 N–H and O–H groups in total. The molecule has 5 heteroatoms. The molecule has 3 rings (SSSR count). The Kier molecular flexibility index (Phi) is 2.70. The summed E-state index contributed by atoms with van der Waals surface area (Å²) in [6.45, 7) is 5.19. The van der Waals surface area contributed by atoms with Crippen molar-refractivity contribution in [3.63, 3.8) is 0 Å². The average Bonchev–Trinajstić information content (AvgIpc) is 2.69. The van der Waals surface area contributed by atoms with Gasteiger partial charge in [-0.2, -0.15) is 5.10 Å². The zero-order chi connectivity index (χ0) is 12.7. The van der Waals surface area contributed by atoms with Crippen LogP contribution in [0.1, 0.15) is 25.5 Å². The SMILES string of the molecule is Cc1cc2c(N3CCC(N)CC3C)nccn2n1. The number of rotatable bonds is 1. The van der Waals surface area contributed by atoms with Crippen LogP contribution in [-0.4, -0.2) is 33.2 Å². The van der Waals surface area contributed by atoms with Gasteiger partial charge in [-0.3, -0.25) is 0 Å². The molecule has 0 aromatic carbocycles. The molecular weight excluding hydrogens is 226 g/mol. The van der Waals surface area contributed by atoms with Crippen LogP contribution in [0.25, 0.3) is 5.52 Å². The van der Waals surface area contributed by atoms with Crippen LogP contribution in [-0.2, 0) is 0 Å². The van der Waals surface area contributed by atoms with Crippen molar-refractivity contribution in [3.05, 3.63) is 24.2 Å². The molecule has 1 aliphatic heterocycles. The lowest BCUT2D eigenvalue weighted by atomic mass is 9.99. The van der Waals surface area contributed by atoms with Gasteiger partial charge in [-0.05, 0) is 32.8 Å². The minimum Gasteiger partial charge on any atom is -0.352 e. The van der Waals surface area contributed by atoms with Crippen molar-refractivity contribution in [3.8, 4) is 0 Å². The third-order valence-corrected chi connectivity index (χ3v) is 3.68. The summed E-state index contributed by atoms with van der Waals surface area (Å²) in [4.78, 5) is 6.89. The highest BCUT2D eigenvalue weighted by Gasteiger charge is 2.25. The van der Waals surface area contributed by atoms with Gasteiger partial charge in [-0.15, -0.1) is 0 Å². The zero-order valence-electron chi connectivity index (χ0n) is 10.9. The Morgan fingerprint density at radius 3 is 3.06 bits per heavy atom. The van der Waals surface area contributed by atoms with E-state index in [1.54, 1.807) is 0 Å². The van der Waals surface area contributed by atoms with Gasteiger partial charge in [0.15, 0.2) is 5.82 Å². The number of nitrogens with zero attached hydrogens (tertiary/aromatic N) is 4. The molecule has 0 aliphatic carbocycles. The molecule has 0 radical (unpaired) electrons. The number of nitrogens with two attached hydrogens (primary N) is 1. The lowest BCUT2D eigenvalue weighted by molar-refractivity contribution is 0.427. The van der Waals surface area contributed by atoms with Crippen molar-refractivity contribution in [1.29, 1.82) is 0 Å². The van der Waals surface area contributed by atoms with Crippen LogP contribution < -0.4 is 10.6 Å². The molecule has 2 aromatic heterocycles. The normalized spacial score (nSPS) is 24.7. The highest BCUT2D eigenvalue weighted by molar-refractivity contribution is 5.69. The first-order valence-corrected chi connectivity index (χ1v) is 6.48.